The molecule has 4 nitrogen and oxygen atoms in total. The minimum Gasteiger partial charge on any atom is -1.00 e. The number of halogens is 2. The molecule has 0 radical (unpaired) electrons. The van der Waals surface area contributed by atoms with E-state index in [1.54, 1.807) is 0 Å². The van der Waals surface area contributed by atoms with Gasteiger partial charge in [0.15, 0.2) is 5.69 Å². The molecule has 0 atom stereocenters. The molecule has 5 rings (SSSR count). The van der Waals surface area contributed by atoms with Gasteiger partial charge in [-0.15, -0.1) is 0 Å². The lowest BCUT2D eigenvalue weighted by atomic mass is 10.0. The molecule has 3 aromatic carbocycles. The number of anilines is 1. The van der Waals surface area contributed by atoms with Gasteiger partial charge in [-0.3, -0.25) is 0 Å². The van der Waals surface area contributed by atoms with Crippen molar-refractivity contribution in [3.63, 3.8) is 0 Å². The predicted molar refractivity (Wildman–Crippen MR) is 166 cm³/mol. The van der Waals surface area contributed by atoms with Crippen LogP contribution in [0, 0.1) is 0 Å². The van der Waals surface area contributed by atoms with Crippen LogP contribution >= 0.6 is 11.8 Å². The first-order valence-corrected chi connectivity index (χ1v) is 14.9. The molecule has 218 valence electrons. The summed E-state index contributed by atoms with van der Waals surface area (Å²) in [5.41, 5.74) is 6.22. The topological polar surface area (TPSA) is 16.4 Å². The fourth-order valence-corrected chi connectivity index (χ4v) is 6.26. The SMILES string of the molecule is CCCCc1cc(C=C2Sc3ccccc3N2C)c2ccc(OCCC[N+](C)(C)C)cc2[n+]1-c1ccccc1.[I-].[I-]. The first-order valence-electron chi connectivity index (χ1n) is 14.1. The van der Waals surface area contributed by atoms with Crippen molar-refractivity contribution in [1.82, 2.24) is 0 Å². The van der Waals surface area contributed by atoms with Crippen LogP contribution in [0.1, 0.15) is 37.4 Å². The number of unbranched alkanes of at least 4 members (excludes halogenated alkanes) is 1. The molecular formula is C34H41I2N3OS. The third kappa shape index (κ3) is 8.18. The van der Waals surface area contributed by atoms with Gasteiger partial charge in [0.25, 0.3) is 0 Å². The van der Waals surface area contributed by atoms with Crippen molar-refractivity contribution in [1.29, 1.82) is 0 Å². The van der Waals surface area contributed by atoms with E-state index in [0.29, 0.717) is 0 Å². The van der Waals surface area contributed by atoms with Crippen LogP contribution in [0.4, 0.5) is 5.69 Å². The molecule has 0 unspecified atom stereocenters. The van der Waals surface area contributed by atoms with Gasteiger partial charge in [-0.05, 0) is 42.3 Å². The smallest absolute Gasteiger partial charge is 0.222 e. The van der Waals surface area contributed by atoms with E-state index < -0.39 is 0 Å². The Morgan fingerprint density at radius 2 is 1.63 bits per heavy atom. The summed E-state index contributed by atoms with van der Waals surface area (Å²) < 4.78 is 9.69. The van der Waals surface area contributed by atoms with E-state index in [0.717, 1.165) is 49.1 Å². The third-order valence-corrected chi connectivity index (χ3v) is 8.39. The zero-order valence-corrected chi connectivity index (χ0v) is 29.9. The number of nitrogens with zero attached hydrogens (tertiary/aromatic N) is 3. The number of thioether (sulfide) groups is 1. The van der Waals surface area contributed by atoms with E-state index in [2.05, 4.69) is 130 Å². The van der Waals surface area contributed by atoms with Crippen LogP contribution in [-0.2, 0) is 6.42 Å². The lowest BCUT2D eigenvalue weighted by Crippen LogP contribution is -3.00. The molecular weight excluding hydrogens is 752 g/mol. The van der Waals surface area contributed by atoms with E-state index >= 15 is 0 Å². The van der Waals surface area contributed by atoms with Crippen molar-refractivity contribution in [2.45, 2.75) is 37.5 Å². The summed E-state index contributed by atoms with van der Waals surface area (Å²) in [6, 6.07) is 28.4. The number of aryl methyl sites for hydroxylation is 1. The predicted octanol–water partition coefficient (Wildman–Crippen LogP) is 1.48. The van der Waals surface area contributed by atoms with Gasteiger partial charge in [0, 0.05) is 43.0 Å². The van der Waals surface area contributed by atoms with Gasteiger partial charge in [-0.2, -0.15) is 4.57 Å². The minimum absolute atomic E-state index is 0. The van der Waals surface area contributed by atoms with Crippen LogP contribution in [0.3, 0.4) is 0 Å². The molecule has 1 aromatic heterocycles. The Labute approximate surface area is 284 Å². The summed E-state index contributed by atoms with van der Waals surface area (Å²) in [6.07, 6.45) is 6.72. The standard InChI is InChI=1S/C34H41N3OS.2HI/c1-6-7-14-28-23-26(24-34-35(2)31-17-11-12-18-33(31)39-34)30-20-19-29(38-22-13-21-37(3,4)5)25-32(30)36(28)27-15-9-8-10-16-27;;/h8-12,15-20,23-25H,6-7,13-14,21-22H2,1-5H3;2*1H/q+2;;/p-2. The third-order valence-electron chi connectivity index (χ3n) is 7.22. The van der Waals surface area contributed by atoms with Crippen LogP contribution in [0.15, 0.2) is 88.8 Å². The van der Waals surface area contributed by atoms with Gasteiger partial charge in [-0.1, -0.05) is 55.4 Å². The Hall–Kier alpha value is -1.82. The average Bonchev–Trinajstić information content (AvgIpc) is 3.24. The number of benzene rings is 3. The Morgan fingerprint density at radius 3 is 2.34 bits per heavy atom. The first kappa shape index (κ1) is 33.7. The number of quaternary nitrogens is 1. The highest BCUT2D eigenvalue weighted by Gasteiger charge is 2.25. The molecule has 1 aliphatic rings. The second-order valence-corrected chi connectivity index (χ2v) is 12.4. The van der Waals surface area contributed by atoms with Gasteiger partial charge >= 0.3 is 0 Å². The molecule has 4 aromatic rings. The van der Waals surface area contributed by atoms with Gasteiger partial charge in [-0.25, -0.2) is 0 Å². The quantitative estimate of drug-likeness (QED) is 0.105. The number of fused-ring (bicyclic) bond motifs is 2. The summed E-state index contributed by atoms with van der Waals surface area (Å²) in [7, 11) is 8.85. The van der Waals surface area contributed by atoms with Crippen molar-refractivity contribution in [2.24, 2.45) is 0 Å². The fraction of sp³-hybridized carbons (Fsp3) is 0.324. The molecule has 0 saturated heterocycles. The highest BCUT2D eigenvalue weighted by atomic mass is 127. The number of rotatable bonds is 10. The maximum atomic E-state index is 6.30. The van der Waals surface area contributed by atoms with Crippen LogP contribution < -0.4 is 62.2 Å². The zero-order valence-electron chi connectivity index (χ0n) is 24.7. The maximum Gasteiger partial charge on any atom is 0.222 e. The number of para-hydroxylation sites is 2. The number of hydrogen-bond donors (Lipinski definition) is 0. The van der Waals surface area contributed by atoms with E-state index in [-0.39, 0.29) is 48.0 Å². The van der Waals surface area contributed by atoms with Crippen molar-refractivity contribution < 1.29 is 61.7 Å². The van der Waals surface area contributed by atoms with Gasteiger partial charge in [0.1, 0.15) is 5.75 Å². The number of ether oxygens (including phenoxy) is 1. The Morgan fingerprint density at radius 1 is 0.902 bits per heavy atom. The minimum atomic E-state index is 0. The monoisotopic (exact) mass is 793 g/mol. The molecule has 7 heteroatoms. The normalized spacial score (nSPS) is 13.6. The summed E-state index contributed by atoms with van der Waals surface area (Å²) in [5, 5.41) is 2.48. The lowest BCUT2D eigenvalue weighted by molar-refractivity contribution is -0.870. The van der Waals surface area contributed by atoms with E-state index in [1.165, 1.54) is 43.5 Å². The highest BCUT2D eigenvalue weighted by Crippen LogP contribution is 2.45. The lowest BCUT2D eigenvalue weighted by Gasteiger charge is -2.23. The summed E-state index contributed by atoms with van der Waals surface area (Å²) in [5.74, 6) is 0.930. The molecule has 0 N–H and O–H groups in total. The first-order chi connectivity index (χ1) is 18.8. The fourth-order valence-electron chi connectivity index (χ4n) is 5.16. The highest BCUT2D eigenvalue weighted by molar-refractivity contribution is 8.03. The second kappa shape index (κ2) is 15.1. The van der Waals surface area contributed by atoms with Crippen molar-refractivity contribution in [3.05, 3.63) is 95.1 Å². The number of aromatic nitrogens is 1. The molecule has 2 heterocycles. The van der Waals surface area contributed by atoms with Crippen molar-refractivity contribution >= 4 is 34.4 Å². The van der Waals surface area contributed by atoms with Gasteiger partial charge in [0.05, 0.1) is 56.5 Å². The average molecular weight is 794 g/mol. The largest absolute Gasteiger partial charge is 1.00 e. The van der Waals surface area contributed by atoms with Crippen molar-refractivity contribution in [3.8, 4) is 11.4 Å². The zero-order chi connectivity index (χ0) is 27.4. The summed E-state index contributed by atoms with van der Waals surface area (Å²) >= 11 is 1.84. The Kier molecular flexibility index (Phi) is 12.4. The summed E-state index contributed by atoms with van der Waals surface area (Å²) in [4.78, 5) is 3.61. The van der Waals surface area contributed by atoms with Crippen LogP contribution in [-0.4, -0.2) is 45.8 Å². The molecule has 1 aliphatic heterocycles. The molecule has 0 spiro atoms. The van der Waals surface area contributed by atoms with E-state index in [9.17, 15) is 0 Å². The molecule has 0 bridgehead atoms. The summed E-state index contributed by atoms with van der Waals surface area (Å²) in [6.45, 7) is 4.07. The number of pyridine rings is 1. The molecule has 0 aliphatic carbocycles. The Bertz CT molecular complexity index is 1490. The van der Waals surface area contributed by atoms with Crippen LogP contribution in [0.25, 0.3) is 22.7 Å². The Balaban J connectivity index is 0.00000231. The molecule has 0 amide bonds. The van der Waals surface area contributed by atoms with E-state index in [1.807, 2.05) is 11.8 Å². The molecule has 0 saturated carbocycles. The van der Waals surface area contributed by atoms with Crippen molar-refractivity contribution in [2.75, 3.05) is 46.2 Å². The second-order valence-electron chi connectivity index (χ2n) is 11.4. The van der Waals surface area contributed by atoms with E-state index in [4.69, 9.17) is 4.74 Å². The molecule has 41 heavy (non-hydrogen) atoms. The van der Waals surface area contributed by atoms with Gasteiger partial charge < -0.3 is 62.1 Å². The van der Waals surface area contributed by atoms with Crippen LogP contribution in [0.2, 0.25) is 0 Å². The number of hydrogen-bond acceptors (Lipinski definition) is 3. The molecule has 0 fully saturated rings. The van der Waals surface area contributed by atoms with Gasteiger partial charge in [0.2, 0.25) is 11.2 Å². The van der Waals surface area contributed by atoms with Crippen LogP contribution in [0.5, 0.6) is 5.75 Å². The maximum absolute atomic E-state index is 6.30.